The van der Waals surface area contributed by atoms with E-state index in [0.29, 0.717) is 23.5 Å². The second-order valence-corrected chi connectivity index (χ2v) is 4.92. The van der Waals surface area contributed by atoms with Gasteiger partial charge in [-0.1, -0.05) is 13.0 Å². The van der Waals surface area contributed by atoms with Gasteiger partial charge in [0.2, 0.25) is 0 Å². The minimum absolute atomic E-state index is 0.213. The molecule has 0 spiro atoms. The Balaban J connectivity index is 2.05. The predicted molar refractivity (Wildman–Crippen MR) is 85.8 cm³/mol. The zero-order chi connectivity index (χ0) is 15.2. The van der Waals surface area contributed by atoms with Crippen LogP contribution in [0.25, 0.3) is 0 Å². The number of hydrogen-bond acceptors (Lipinski definition) is 3. The second kappa shape index (κ2) is 6.79. The van der Waals surface area contributed by atoms with E-state index in [2.05, 4.69) is 12.2 Å². The monoisotopic (exact) mass is 284 g/mol. The maximum Gasteiger partial charge on any atom is 0.257 e. The average Bonchev–Trinajstić information content (AvgIpc) is 2.46. The van der Waals surface area contributed by atoms with Crippen LogP contribution in [0.3, 0.4) is 0 Å². The van der Waals surface area contributed by atoms with Gasteiger partial charge in [-0.25, -0.2) is 0 Å². The Morgan fingerprint density at radius 3 is 2.52 bits per heavy atom. The van der Waals surface area contributed by atoms with E-state index in [9.17, 15) is 4.79 Å². The van der Waals surface area contributed by atoms with Crippen molar-refractivity contribution < 1.29 is 9.53 Å². The number of ether oxygens (including phenoxy) is 1. The van der Waals surface area contributed by atoms with E-state index >= 15 is 0 Å². The lowest BCUT2D eigenvalue weighted by Gasteiger charge is -2.09. The first-order chi connectivity index (χ1) is 10.1. The molecule has 0 aliphatic carbocycles. The van der Waals surface area contributed by atoms with Crippen LogP contribution in [0.1, 0.15) is 29.3 Å². The molecular formula is C17H20N2O2. The zero-order valence-corrected chi connectivity index (χ0v) is 12.3. The highest BCUT2D eigenvalue weighted by Gasteiger charge is 2.09. The van der Waals surface area contributed by atoms with Gasteiger partial charge in [0, 0.05) is 11.4 Å². The summed E-state index contributed by atoms with van der Waals surface area (Å²) in [5.41, 5.74) is 8.58. The molecule has 2 rings (SSSR count). The highest BCUT2D eigenvalue weighted by Crippen LogP contribution is 2.19. The third-order valence-corrected chi connectivity index (χ3v) is 3.04. The Labute approximate surface area is 124 Å². The van der Waals surface area contributed by atoms with E-state index in [0.717, 1.165) is 17.7 Å². The molecule has 0 heterocycles. The van der Waals surface area contributed by atoms with Crippen LogP contribution >= 0.6 is 0 Å². The van der Waals surface area contributed by atoms with Crippen molar-refractivity contribution in [2.75, 3.05) is 17.7 Å². The Bertz CT molecular complexity index is 621. The van der Waals surface area contributed by atoms with E-state index in [1.54, 1.807) is 12.1 Å². The fourth-order valence-electron chi connectivity index (χ4n) is 1.94. The van der Waals surface area contributed by atoms with Crippen LogP contribution in [-0.4, -0.2) is 12.5 Å². The Hall–Kier alpha value is -2.49. The van der Waals surface area contributed by atoms with E-state index in [1.807, 2.05) is 37.3 Å². The van der Waals surface area contributed by atoms with Gasteiger partial charge in [0.15, 0.2) is 0 Å². The fourth-order valence-corrected chi connectivity index (χ4v) is 1.94. The molecule has 0 aliphatic rings. The number of aryl methyl sites for hydroxylation is 1. The lowest BCUT2D eigenvalue weighted by atomic mass is 10.1. The first kappa shape index (κ1) is 14.9. The van der Waals surface area contributed by atoms with Crippen molar-refractivity contribution in [1.82, 2.24) is 0 Å². The van der Waals surface area contributed by atoms with Gasteiger partial charge in [0.05, 0.1) is 12.2 Å². The molecular weight excluding hydrogens is 264 g/mol. The summed E-state index contributed by atoms with van der Waals surface area (Å²) in [6, 6.07) is 12.7. The van der Waals surface area contributed by atoms with Gasteiger partial charge in [0.25, 0.3) is 5.91 Å². The van der Waals surface area contributed by atoms with E-state index in [4.69, 9.17) is 10.5 Å². The lowest BCUT2D eigenvalue weighted by molar-refractivity contribution is 0.102. The first-order valence-electron chi connectivity index (χ1n) is 7.00. The van der Waals surface area contributed by atoms with Gasteiger partial charge in [-0.2, -0.15) is 0 Å². The molecule has 1 amide bonds. The maximum atomic E-state index is 12.2. The van der Waals surface area contributed by atoms with Crippen molar-refractivity contribution >= 4 is 17.3 Å². The van der Waals surface area contributed by atoms with Crippen molar-refractivity contribution in [1.29, 1.82) is 0 Å². The van der Waals surface area contributed by atoms with Crippen molar-refractivity contribution in [3.05, 3.63) is 53.6 Å². The van der Waals surface area contributed by atoms with Crippen LogP contribution in [0.5, 0.6) is 5.75 Å². The summed E-state index contributed by atoms with van der Waals surface area (Å²) in [6.45, 7) is 4.68. The standard InChI is InChI=1S/C17H20N2O2/c1-3-10-21-14-7-5-13(6-8-14)19-17(20)15-9-4-12(2)11-16(15)18/h4-9,11H,3,10,18H2,1-2H3,(H,19,20). The Morgan fingerprint density at radius 2 is 1.90 bits per heavy atom. The van der Waals surface area contributed by atoms with Crippen LogP contribution in [0, 0.1) is 6.92 Å². The average molecular weight is 284 g/mol. The molecule has 0 saturated heterocycles. The normalized spacial score (nSPS) is 10.2. The van der Waals surface area contributed by atoms with Crippen molar-refractivity contribution in [3.63, 3.8) is 0 Å². The van der Waals surface area contributed by atoms with Gasteiger partial charge in [-0.15, -0.1) is 0 Å². The highest BCUT2D eigenvalue weighted by molar-refractivity contribution is 6.07. The molecule has 0 saturated carbocycles. The van der Waals surface area contributed by atoms with Crippen LogP contribution in [-0.2, 0) is 0 Å². The first-order valence-corrected chi connectivity index (χ1v) is 7.00. The summed E-state index contributed by atoms with van der Waals surface area (Å²) in [6.07, 6.45) is 0.963. The number of nitrogens with one attached hydrogen (secondary N) is 1. The number of rotatable bonds is 5. The Kier molecular flexibility index (Phi) is 4.82. The van der Waals surface area contributed by atoms with Crippen LogP contribution in [0.4, 0.5) is 11.4 Å². The number of hydrogen-bond donors (Lipinski definition) is 2. The molecule has 0 radical (unpaired) electrons. The quantitative estimate of drug-likeness (QED) is 0.824. The molecule has 4 nitrogen and oxygen atoms in total. The van der Waals surface area contributed by atoms with E-state index in [-0.39, 0.29) is 5.91 Å². The molecule has 21 heavy (non-hydrogen) atoms. The molecule has 2 aromatic carbocycles. The number of carbonyl (C=O) groups excluding carboxylic acids is 1. The molecule has 3 N–H and O–H groups in total. The van der Waals surface area contributed by atoms with Crippen LogP contribution < -0.4 is 15.8 Å². The fraction of sp³-hybridized carbons (Fsp3) is 0.235. The molecule has 0 fully saturated rings. The van der Waals surface area contributed by atoms with Gasteiger partial charge < -0.3 is 15.8 Å². The predicted octanol–water partition coefficient (Wildman–Crippen LogP) is 3.62. The van der Waals surface area contributed by atoms with Crippen LogP contribution in [0.15, 0.2) is 42.5 Å². The number of amides is 1. The summed E-state index contributed by atoms with van der Waals surface area (Å²) >= 11 is 0. The topological polar surface area (TPSA) is 64.3 Å². The summed E-state index contributed by atoms with van der Waals surface area (Å²) in [5, 5.41) is 2.83. The molecule has 0 aliphatic heterocycles. The minimum atomic E-state index is -0.213. The minimum Gasteiger partial charge on any atom is -0.494 e. The highest BCUT2D eigenvalue weighted by atomic mass is 16.5. The lowest BCUT2D eigenvalue weighted by Crippen LogP contribution is -2.14. The van der Waals surface area contributed by atoms with E-state index < -0.39 is 0 Å². The summed E-state index contributed by atoms with van der Waals surface area (Å²) < 4.78 is 5.50. The SMILES string of the molecule is CCCOc1ccc(NC(=O)c2ccc(C)cc2N)cc1. The Morgan fingerprint density at radius 1 is 1.19 bits per heavy atom. The number of nitrogens with two attached hydrogens (primary N) is 1. The second-order valence-electron chi connectivity index (χ2n) is 4.92. The molecule has 0 bridgehead atoms. The van der Waals surface area contributed by atoms with Crippen molar-refractivity contribution in [2.45, 2.75) is 20.3 Å². The number of benzene rings is 2. The zero-order valence-electron chi connectivity index (χ0n) is 12.3. The largest absolute Gasteiger partial charge is 0.494 e. The molecule has 4 heteroatoms. The van der Waals surface area contributed by atoms with Gasteiger partial charge >= 0.3 is 0 Å². The van der Waals surface area contributed by atoms with Crippen molar-refractivity contribution in [3.8, 4) is 5.75 Å². The summed E-state index contributed by atoms with van der Waals surface area (Å²) in [5.74, 6) is 0.583. The number of carbonyl (C=O) groups is 1. The molecule has 0 atom stereocenters. The summed E-state index contributed by atoms with van der Waals surface area (Å²) in [7, 11) is 0. The molecule has 0 aromatic heterocycles. The smallest absolute Gasteiger partial charge is 0.257 e. The third-order valence-electron chi connectivity index (χ3n) is 3.04. The molecule has 110 valence electrons. The van der Waals surface area contributed by atoms with Gasteiger partial charge in [0.1, 0.15) is 5.75 Å². The summed E-state index contributed by atoms with van der Waals surface area (Å²) in [4.78, 5) is 12.2. The van der Waals surface area contributed by atoms with Gasteiger partial charge in [-0.3, -0.25) is 4.79 Å². The van der Waals surface area contributed by atoms with Crippen molar-refractivity contribution in [2.24, 2.45) is 0 Å². The number of anilines is 2. The van der Waals surface area contributed by atoms with Gasteiger partial charge in [-0.05, 0) is 55.3 Å². The molecule has 0 unspecified atom stereocenters. The molecule has 2 aromatic rings. The maximum absolute atomic E-state index is 12.2. The van der Waals surface area contributed by atoms with E-state index in [1.165, 1.54) is 0 Å². The van der Waals surface area contributed by atoms with Crippen LogP contribution in [0.2, 0.25) is 0 Å². The third kappa shape index (κ3) is 3.99. The number of nitrogen functional groups attached to an aromatic ring is 1.